The van der Waals surface area contributed by atoms with Gasteiger partial charge >= 0.3 is 0 Å². The molecule has 1 aliphatic rings. The van der Waals surface area contributed by atoms with E-state index in [1.165, 1.54) is 6.20 Å². The third kappa shape index (κ3) is 3.14. The lowest BCUT2D eigenvalue weighted by Gasteiger charge is -2.32. The lowest BCUT2D eigenvalue weighted by Crippen LogP contribution is -2.47. The van der Waals surface area contributed by atoms with Crippen LogP contribution >= 0.6 is 0 Å². The summed E-state index contributed by atoms with van der Waals surface area (Å²) in [5.74, 6) is 0.319. The predicted octanol–water partition coefficient (Wildman–Crippen LogP) is 0.167. The van der Waals surface area contributed by atoms with Crippen LogP contribution in [0.15, 0.2) is 12.3 Å². The van der Waals surface area contributed by atoms with Crippen molar-refractivity contribution in [1.82, 2.24) is 19.8 Å². The van der Waals surface area contributed by atoms with Crippen LogP contribution in [0.1, 0.15) is 17.2 Å². The van der Waals surface area contributed by atoms with Gasteiger partial charge in [-0.3, -0.25) is 4.79 Å². The summed E-state index contributed by atoms with van der Waals surface area (Å²) in [5.41, 5.74) is 7.68. The van der Waals surface area contributed by atoms with Gasteiger partial charge in [0.15, 0.2) is 5.82 Å². The number of carbonyl (C=O) groups is 1. The minimum absolute atomic E-state index is 0.0920. The summed E-state index contributed by atoms with van der Waals surface area (Å²) in [7, 11) is 2.05. The topological polar surface area (TPSA) is 75.3 Å². The zero-order valence-corrected chi connectivity index (χ0v) is 12.3. The number of aryl methyl sites for hydroxylation is 2. The number of likely N-dealkylation sites (N-methyl/N-ethyl adjacent to an activating group) is 1. The molecule has 0 spiro atoms. The Morgan fingerprint density at radius 2 is 1.75 bits per heavy atom. The normalized spacial score (nSPS) is 17.4. The fraction of sp³-hybridized carbons (Fsp3) is 0.500. The van der Waals surface area contributed by atoms with Crippen molar-refractivity contribution in [3.05, 3.63) is 29.5 Å². The van der Waals surface area contributed by atoms with Gasteiger partial charge in [0.1, 0.15) is 0 Å². The highest BCUT2D eigenvalue weighted by atomic mass is 16.2. The minimum atomic E-state index is -0.0920. The average molecular weight is 275 g/mol. The number of hydrogen-bond acceptors (Lipinski definition) is 5. The molecule has 1 aliphatic heterocycles. The van der Waals surface area contributed by atoms with Gasteiger partial charge in [0.2, 0.25) is 0 Å². The van der Waals surface area contributed by atoms with Gasteiger partial charge in [0.05, 0.1) is 5.57 Å². The van der Waals surface area contributed by atoms with E-state index in [-0.39, 0.29) is 5.91 Å². The molecule has 2 rings (SSSR count). The highest BCUT2D eigenvalue weighted by Crippen LogP contribution is 2.15. The number of amides is 1. The molecule has 20 heavy (non-hydrogen) atoms. The van der Waals surface area contributed by atoms with Crippen molar-refractivity contribution in [3.63, 3.8) is 0 Å². The van der Waals surface area contributed by atoms with Crippen molar-refractivity contribution in [2.24, 2.45) is 5.73 Å². The van der Waals surface area contributed by atoms with Crippen LogP contribution in [0.3, 0.4) is 0 Å². The Morgan fingerprint density at radius 1 is 1.20 bits per heavy atom. The minimum Gasteiger partial charge on any atom is -0.404 e. The van der Waals surface area contributed by atoms with Crippen molar-refractivity contribution in [3.8, 4) is 0 Å². The summed E-state index contributed by atoms with van der Waals surface area (Å²) in [4.78, 5) is 25.2. The van der Waals surface area contributed by atoms with Crippen molar-refractivity contribution in [2.75, 3.05) is 33.2 Å². The second kappa shape index (κ2) is 6.00. The van der Waals surface area contributed by atoms with Crippen LogP contribution < -0.4 is 5.73 Å². The number of carbonyl (C=O) groups excluding carboxylic acids is 1. The molecule has 1 aromatic rings. The van der Waals surface area contributed by atoms with Gasteiger partial charge in [-0.15, -0.1) is 0 Å². The smallest absolute Gasteiger partial charge is 0.259 e. The van der Waals surface area contributed by atoms with Crippen molar-refractivity contribution < 1.29 is 4.79 Å². The lowest BCUT2D eigenvalue weighted by atomic mass is 10.2. The molecule has 1 aromatic heterocycles. The summed E-state index contributed by atoms with van der Waals surface area (Å²) in [6, 6.07) is 1.87. The summed E-state index contributed by atoms with van der Waals surface area (Å²) in [6.45, 7) is 6.92. The molecule has 0 unspecified atom stereocenters. The maximum atomic E-state index is 12.5. The molecular weight excluding hydrogens is 254 g/mol. The Bertz CT molecular complexity index is 512. The Hall–Kier alpha value is -1.95. The van der Waals surface area contributed by atoms with E-state index in [2.05, 4.69) is 21.9 Å². The van der Waals surface area contributed by atoms with Gasteiger partial charge in [-0.2, -0.15) is 0 Å². The van der Waals surface area contributed by atoms with Crippen LogP contribution in [0.4, 0.5) is 0 Å². The zero-order valence-electron chi connectivity index (χ0n) is 12.3. The molecule has 1 fully saturated rings. The molecule has 2 heterocycles. The van der Waals surface area contributed by atoms with Gasteiger partial charge in [0.25, 0.3) is 5.91 Å². The third-order valence-corrected chi connectivity index (χ3v) is 3.41. The first kappa shape index (κ1) is 14.5. The summed E-state index contributed by atoms with van der Waals surface area (Å²) < 4.78 is 0. The van der Waals surface area contributed by atoms with E-state index in [4.69, 9.17) is 5.73 Å². The van der Waals surface area contributed by atoms with Crippen LogP contribution in [0, 0.1) is 13.8 Å². The number of piperazine rings is 1. The lowest BCUT2D eigenvalue weighted by molar-refractivity contribution is -0.126. The Kier molecular flexibility index (Phi) is 4.34. The monoisotopic (exact) mass is 275 g/mol. The molecule has 6 nitrogen and oxygen atoms in total. The van der Waals surface area contributed by atoms with Crippen molar-refractivity contribution in [2.45, 2.75) is 13.8 Å². The van der Waals surface area contributed by atoms with Gasteiger partial charge < -0.3 is 15.5 Å². The Morgan fingerprint density at radius 3 is 2.25 bits per heavy atom. The molecular formula is C14H21N5O. The SMILES string of the molecule is Cc1cc(C)nc(C(=CN)C(=O)N2CCN(C)CC2)n1. The first-order chi connectivity index (χ1) is 9.51. The summed E-state index contributed by atoms with van der Waals surface area (Å²) in [6.07, 6.45) is 1.31. The first-order valence-electron chi connectivity index (χ1n) is 6.73. The standard InChI is InChI=1S/C14H21N5O/c1-10-8-11(2)17-13(16-10)12(9-15)14(20)19-6-4-18(3)5-7-19/h8-9H,4-7,15H2,1-3H3. The van der Waals surface area contributed by atoms with Crippen LogP contribution in [0.2, 0.25) is 0 Å². The number of hydrogen-bond donors (Lipinski definition) is 1. The highest BCUT2D eigenvalue weighted by molar-refractivity contribution is 6.18. The maximum Gasteiger partial charge on any atom is 0.259 e. The molecule has 0 aliphatic carbocycles. The molecule has 0 bridgehead atoms. The quantitative estimate of drug-likeness (QED) is 0.779. The van der Waals surface area contributed by atoms with E-state index in [0.29, 0.717) is 24.5 Å². The van der Waals surface area contributed by atoms with Crippen molar-refractivity contribution >= 4 is 11.5 Å². The van der Waals surface area contributed by atoms with Crippen LogP contribution in [0.5, 0.6) is 0 Å². The van der Waals surface area contributed by atoms with E-state index < -0.39 is 0 Å². The predicted molar refractivity (Wildman–Crippen MR) is 77.7 cm³/mol. The number of nitrogens with two attached hydrogens (primary N) is 1. The number of nitrogens with zero attached hydrogens (tertiary/aromatic N) is 4. The second-order valence-corrected chi connectivity index (χ2v) is 5.15. The van der Waals surface area contributed by atoms with E-state index >= 15 is 0 Å². The van der Waals surface area contributed by atoms with E-state index in [1.54, 1.807) is 4.90 Å². The second-order valence-electron chi connectivity index (χ2n) is 5.15. The van der Waals surface area contributed by atoms with Crippen molar-refractivity contribution in [1.29, 1.82) is 0 Å². The molecule has 0 saturated carbocycles. The Labute approximate surface area is 119 Å². The fourth-order valence-electron chi connectivity index (χ4n) is 2.27. The third-order valence-electron chi connectivity index (χ3n) is 3.41. The van der Waals surface area contributed by atoms with Crippen LogP contribution in [-0.4, -0.2) is 58.9 Å². The molecule has 1 saturated heterocycles. The first-order valence-corrected chi connectivity index (χ1v) is 6.73. The molecule has 6 heteroatoms. The maximum absolute atomic E-state index is 12.5. The molecule has 1 amide bonds. The van der Waals surface area contributed by atoms with Gasteiger partial charge in [-0.05, 0) is 27.0 Å². The molecule has 2 N–H and O–H groups in total. The van der Waals surface area contributed by atoms with Crippen LogP contribution in [0.25, 0.3) is 5.57 Å². The molecule has 0 atom stereocenters. The molecule has 0 aromatic carbocycles. The largest absolute Gasteiger partial charge is 0.404 e. The van der Waals surface area contributed by atoms with Gasteiger partial charge in [0, 0.05) is 43.8 Å². The molecule has 108 valence electrons. The number of aromatic nitrogens is 2. The van der Waals surface area contributed by atoms with Gasteiger partial charge in [-0.25, -0.2) is 9.97 Å². The van der Waals surface area contributed by atoms with Crippen LogP contribution in [-0.2, 0) is 4.79 Å². The average Bonchev–Trinajstić information content (AvgIpc) is 2.39. The highest BCUT2D eigenvalue weighted by Gasteiger charge is 2.24. The fourth-order valence-corrected chi connectivity index (χ4v) is 2.27. The van der Waals surface area contributed by atoms with E-state index in [0.717, 1.165) is 24.5 Å². The zero-order chi connectivity index (χ0) is 14.7. The number of rotatable bonds is 2. The summed E-state index contributed by atoms with van der Waals surface area (Å²) in [5, 5.41) is 0. The molecule has 0 radical (unpaired) electrons. The van der Waals surface area contributed by atoms with E-state index in [1.807, 2.05) is 19.9 Å². The Balaban J connectivity index is 2.22. The van der Waals surface area contributed by atoms with Gasteiger partial charge in [-0.1, -0.05) is 0 Å². The summed E-state index contributed by atoms with van der Waals surface area (Å²) >= 11 is 0. The van der Waals surface area contributed by atoms with E-state index in [9.17, 15) is 4.79 Å².